The van der Waals surface area contributed by atoms with Crippen molar-refractivity contribution >= 4 is 5.91 Å². The summed E-state index contributed by atoms with van der Waals surface area (Å²) in [5.74, 6) is 0.0843. The van der Waals surface area contributed by atoms with Crippen LogP contribution in [0, 0.1) is 0 Å². The zero-order valence-corrected chi connectivity index (χ0v) is 9.83. The summed E-state index contributed by atoms with van der Waals surface area (Å²) in [6.07, 6.45) is 3.84. The fourth-order valence-corrected chi connectivity index (χ4v) is 1.40. The van der Waals surface area contributed by atoms with Crippen LogP contribution in [-0.4, -0.2) is 29.7 Å². The molecular weight excluding hydrogens is 192 g/mol. The van der Waals surface area contributed by atoms with Gasteiger partial charge in [-0.15, -0.1) is 0 Å². The Morgan fingerprint density at radius 2 is 2.00 bits per heavy atom. The Morgan fingerprint density at radius 1 is 1.33 bits per heavy atom. The molecule has 0 aliphatic carbocycles. The van der Waals surface area contributed by atoms with Crippen LogP contribution in [0.2, 0.25) is 0 Å². The van der Waals surface area contributed by atoms with Crippen molar-refractivity contribution in [3.63, 3.8) is 0 Å². The van der Waals surface area contributed by atoms with Gasteiger partial charge in [0.05, 0.1) is 0 Å². The molecule has 0 rings (SSSR count). The van der Waals surface area contributed by atoms with E-state index >= 15 is 0 Å². The van der Waals surface area contributed by atoms with E-state index in [0.29, 0.717) is 6.42 Å². The third kappa shape index (κ3) is 9.69. The van der Waals surface area contributed by atoms with Gasteiger partial charge in [-0.25, -0.2) is 0 Å². The van der Waals surface area contributed by atoms with Crippen LogP contribution in [0.25, 0.3) is 0 Å². The van der Waals surface area contributed by atoms with Gasteiger partial charge in [0.2, 0.25) is 5.91 Å². The summed E-state index contributed by atoms with van der Waals surface area (Å²) in [5.41, 5.74) is 5.59. The van der Waals surface area contributed by atoms with E-state index in [2.05, 4.69) is 5.32 Å². The lowest BCUT2D eigenvalue weighted by molar-refractivity contribution is -0.121. The second kappa shape index (κ2) is 8.68. The highest BCUT2D eigenvalue weighted by Crippen LogP contribution is 2.00. The maximum absolute atomic E-state index is 11.4. The van der Waals surface area contributed by atoms with Gasteiger partial charge in [0, 0.05) is 25.1 Å². The lowest BCUT2D eigenvalue weighted by Gasteiger charge is -2.13. The van der Waals surface area contributed by atoms with Crippen LogP contribution in [0.3, 0.4) is 0 Å². The number of amides is 1. The zero-order chi connectivity index (χ0) is 11.7. The highest BCUT2D eigenvalue weighted by atomic mass is 16.2. The van der Waals surface area contributed by atoms with Gasteiger partial charge in [-0.3, -0.25) is 4.79 Å². The Bertz CT molecular complexity index is 172. The number of aliphatic hydroxyl groups excluding tert-OH is 1. The number of rotatable bonds is 8. The van der Waals surface area contributed by atoms with E-state index in [4.69, 9.17) is 10.8 Å². The number of nitrogens with two attached hydrogens (primary N) is 1. The molecule has 0 spiro atoms. The van der Waals surface area contributed by atoms with Crippen LogP contribution < -0.4 is 11.1 Å². The third-order valence-corrected chi connectivity index (χ3v) is 2.27. The molecule has 2 atom stereocenters. The van der Waals surface area contributed by atoms with Gasteiger partial charge in [0.1, 0.15) is 0 Å². The summed E-state index contributed by atoms with van der Waals surface area (Å²) < 4.78 is 0. The molecule has 15 heavy (non-hydrogen) atoms. The number of hydrogen-bond donors (Lipinski definition) is 3. The van der Waals surface area contributed by atoms with Crippen molar-refractivity contribution < 1.29 is 9.90 Å². The van der Waals surface area contributed by atoms with Crippen molar-refractivity contribution in [3.8, 4) is 0 Å². The molecule has 0 heterocycles. The highest BCUT2D eigenvalue weighted by molar-refractivity contribution is 5.76. The predicted molar refractivity (Wildman–Crippen MR) is 61.4 cm³/mol. The second-order valence-electron chi connectivity index (χ2n) is 4.20. The Hall–Kier alpha value is -0.610. The molecule has 0 fully saturated rings. The van der Waals surface area contributed by atoms with Crippen LogP contribution in [0.5, 0.6) is 0 Å². The molecule has 90 valence electrons. The molecule has 0 saturated heterocycles. The summed E-state index contributed by atoms with van der Waals surface area (Å²) in [6, 6.07) is 0.324. The average molecular weight is 216 g/mol. The molecule has 4 heteroatoms. The van der Waals surface area contributed by atoms with E-state index in [1.165, 1.54) is 0 Å². The molecule has 0 aromatic carbocycles. The van der Waals surface area contributed by atoms with Crippen molar-refractivity contribution in [3.05, 3.63) is 0 Å². The Balaban J connectivity index is 3.46. The first-order valence-electron chi connectivity index (χ1n) is 5.72. The fourth-order valence-electron chi connectivity index (χ4n) is 1.40. The summed E-state index contributed by atoms with van der Waals surface area (Å²) in [7, 11) is 0. The molecule has 0 aromatic heterocycles. The highest BCUT2D eigenvalue weighted by Gasteiger charge is 2.06. The fraction of sp³-hybridized carbons (Fsp3) is 0.909. The first-order chi connectivity index (χ1) is 7.06. The van der Waals surface area contributed by atoms with Gasteiger partial charge in [-0.1, -0.05) is 0 Å². The van der Waals surface area contributed by atoms with Gasteiger partial charge in [-0.05, 0) is 39.5 Å². The predicted octanol–water partition coefficient (Wildman–Crippen LogP) is 0.781. The molecule has 0 aliphatic heterocycles. The SMILES string of the molecule is CC(N)CCCC(=O)NC(C)CCCO. The number of hydrogen-bond acceptors (Lipinski definition) is 3. The number of carbonyl (C=O) groups is 1. The van der Waals surface area contributed by atoms with E-state index in [9.17, 15) is 4.79 Å². The van der Waals surface area contributed by atoms with Gasteiger partial charge in [0.15, 0.2) is 0 Å². The van der Waals surface area contributed by atoms with Crippen molar-refractivity contribution in [1.82, 2.24) is 5.32 Å². The monoisotopic (exact) mass is 216 g/mol. The quantitative estimate of drug-likeness (QED) is 0.561. The molecule has 0 aliphatic rings. The van der Waals surface area contributed by atoms with E-state index in [1.54, 1.807) is 0 Å². The molecule has 0 bridgehead atoms. The minimum Gasteiger partial charge on any atom is -0.396 e. The molecule has 0 radical (unpaired) electrons. The van der Waals surface area contributed by atoms with Crippen LogP contribution in [-0.2, 0) is 4.79 Å². The summed E-state index contributed by atoms with van der Waals surface area (Å²) >= 11 is 0. The first-order valence-corrected chi connectivity index (χ1v) is 5.72. The van der Waals surface area contributed by atoms with Crippen LogP contribution in [0.15, 0.2) is 0 Å². The van der Waals surface area contributed by atoms with Crippen molar-refractivity contribution in [2.75, 3.05) is 6.61 Å². The van der Waals surface area contributed by atoms with Crippen molar-refractivity contribution in [1.29, 1.82) is 0 Å². The van der Waals surface area contributed by atoms with E-state index in [0.717, 1.165) is 25.7 Å². The Morgan fingerprint density at radius 3 is 2.53 bits per heavy atom. The van der Waals surface area contributed by atoms with Gasteiger partial charge in [-0.2, -0.15) is 0 Å². The standard InChI is InChI=1S/C11H24N2O2/c1-9(12)5-3-7-11(15)13-10(2)6-4-8-14/h9-10,14H,3-8,12H2,1-2H3,(H,13,15). The summed E-state index contributed by atoms with van der Waals surface area (Å²) in [4.78, 5) is 11.4. The molecule has 0 aromatic rings. The lowest BCUT2D eigenvalue weighted by atomic mass is 10.1. The molecule has 4 N–H and O–H groups in total. The topological polar surface area (TPSA) is 75.4 Å². The smallest absolute Gasteiger partial charge is 0.220 e. The molecule has 2 unspecified atom stereocenters. The van der Waals surface area contributed by atoms with E-state index in [-0.39, 0.29) is 24.6 Å². The van der Waals surface area contributed by atoms with E-state index in [1.807, 2.05) is 13.8 Å². The van der Waals surface area contributed by atoms with E-state index < -0.39 is 0 Å². The Kier molecular flexibility index (Phi) is 8.33. The van der Waals surface area contributed by atoms with Gasteiger partial charge >= 0.3 is 0 Å². The van der Waals surface area contributed by atoms with Crippen molar-refractivity contribution in [2.45, 2.75) is 58.0 Å². The van der Waals surface area contributed by atoms with Crippen LogP contribution in [0.1, 0.15) is 46.0 Å². The molecule has 4 nitrogen and oxygen atoms in total. The number of carbonyl (C=O) groups excluding carboxylic acids is 1. The minimum absolute atomic E-state index is 0.0843. The van der Waals surface area contributed by atoms with Crippen LogP contribution >= 0.6 is 0 Å². The minimum atomic E-state index is 0.0843. The van der Waals surface area contributed by atoms with Gasteiger partial charge in [0.25, 0.3) is 0 Å². The van der Waals surface area contributed by atoms with Crippen LogP contribution in [0.4, 0.5) is 0 Å². The number of nitrogens with one attached hydrogen (secondary N) is 1. The average Bonchev–Trinajstić information content (AvgIpc) is 2.14. The first kappa shape index (κ1) is 14.4. The normalized spacial score (nSPS) is 14.7. The van der Waals surface area contributed by atoms with Crippen molar-refractivity contribution in [2.24, 2.45) is 5.73 Å². The second-order valence-corrected chi connectivity index (χ2v) is 4.20. The number of aliphatic hydroxyl groups is 1. The summed E-state index contributed by atoms with van der Waals surface area (Å²) in [6.45, 7) is 4.09. The maximum atomic E-state index is 11.4. The third-order valence-electron chi connectivity index (χ3n) is 2.27. The summed E-state index contributed by atoms with van der Waals surface area (Å²) in [5, 5.41) is 11.5. The van der Waals surface area contributed by atoms with Gasteiger partial charge < -0.3 is 16.2 Å². The molecular formula is C11H24N2O2. The maximum Gasteiger partial charge on any atom is 0.220 e. The lowest BCUT2D eigenvalue weighted by Crippen LogP contribution is -2.32. The Labute approximate surface area is 92.2 Å². The largest absolute Gasteiger partial charge is 0.396 e. The molecule has 1 amide bonds. The molecule has 0 saturated carbocycles. The zero-order valence-electron chi connectivity index (χ0n) is 9.83.